The van der Waals surface area contributed by atoms with Crippen molar-refractivity contribution in [1.82, 2.24) is 4.98 Å². The van der Waals surface area contributed by atoms with Crippen LogP contribution in [0.15, 0.2) is 6.07 Å². The number of aromatic nitrogens is 1. The van der Waals surface area contributed by atoms with Crippen LogP contribution in [0.25, 0.3) is 0 Å². The molecule has 1 aliphatic rings. The number of anilines is 2. The monoisotopic (exact) mass is 257 g/mol. The summed E-state index contributed by atoms with van der Waals surface area (Å²) in [5.74, 6) is -1.27. The zero-order valence-electron chi connectivity index (χ0n) is 10.5. The summed E-state index contributed by atoms with van der Waals surface area (Å²) in [4.78, 5) is 3.92. The van der Waals surface area contributed by atoms with Crippen LogP contribution in [0.5, 0.6) is 0 Å². The van der Waals surface area contributed by atoms with Gasteiger partial charge >= 0.3 is 0 Å². The summed E-state index contributed by atoms with van der Waals surface area (Å²) < 4.78 is 32.2. The van der Waals surface area contributed by atoms with Crippen molar-refractivity contribution in [2.24, 2.45) is 0 Å². The van der Waals surface area contributed by atoms with Gasteiger partial charge in [-0.3, -0.25) is 0 Å². The molecule has 0 bridgehead atoms. The molecule has 0 atom stereocenters. The maximum atomic E-state index is 13.7. The van der Waals surface area contributed by atoms with Gasteiger partial charge in [-0.05, 0) is 19.8 Å². The van der Waals surface area contributed by atoms with Gasteiger partial charge in [-0.25, -0.2) is 13.8 Å². The molecule has 1 aliphatic heterocycles. The van der Waals surface area contributed by atoms with E-state index in [1.165, 1.54) is 0 Å². The first-order valence-corrected chi connectivity index (χ1v) is 5.94. The molecule has 1 saturated heterocycles. The van der Waals surface area contributed by atoms with Crippen molar-refractivity contribution in [1.29, 1.82) is 0 Å². The SMILES string of the molecule is CNc1nc(NC2(C)CCOCC2)c(F)cc1F. The highest BCUT2D eigenvalue weighted by molar-refractivity contribution is 5.48. The molecular formula is C12H17F2N3O. The molecule has 100 valence electrons. The van der Waals surface area contributed by atoms with Gasteiger partial charge in [0.1, 0.15) is 0 Å². The lowest BCUT2D eigenvalue weighted by Gasteiger charge is -2.35. The van der Waals surface area contributed by atoms with Crippen molar-refractivity contribution in [2.75, 3.05) is 30.9 Å². The van der Waals surface area contributed by atoms with E-state index in [4.69, 9.17) is 4.74 Å². The number of halogens is 2. The van der Waals surface area contributed by atoms with Crippen LogP contribution in [0.2, 0.25) is 0 Å². The molecule has 18 heavy (non-hydrogen) atoms. The average molecular weight is 257 g/mol. The molecule has 6 heteroatoms. The highest BCUT2D eigenvalue weighted by Crippen LogP contribution is 2.27. The number of hydrogen-bond donors (Lipinski definition) is 2. The predicted molar refractivity (Wildman–Crippen MR) is 65.8 cm³/mol. The standard InChI is InChI=1S/C12H17F2N3O/c1-12(3-5-18-6-4-12)17-11-9(14)7-8(13)10(15-2)16-11/h7H,3-6H2,1-2H3,(H2,15,16,17). The van der Waals surface area contributed by atoms with Gasteiger partial charge in [0, 0.05) is 31.9 Å². The molecule has 2 heterocycles. The molecule has 4 nitrogen and oxygen atoms in total. The Labute approximate surface area is 105 Å². The van der Waals surface area contributed by atoms with E-state index in [1.54, 1.807) is 7.05 Å². The van der Waals surface area contributed by atoms with Crippen LogP contribution in [0.3, 0.4) is 0 Å². The molecule has 0 unspecified atom stereocenters. The summed E-state index contributed by atoms with van der Waals surface area (Å²) >= 11 is 0. The van der Waals surface area contributed by atoms with E-state index >= 15 is 0 Å². The van der Waals surface area contributed by atoms with Crippen molar-refractivity contribution in [2.45, 2.75) is 25.3 Å². The Hall–Kier alpha value is -1.43. The zero-order chi connectivity index (χ0) is 13.2. The zero-order valence-corrected chi connectivity index (χ0v) is 10.5. The van der Waals surface area contributed by atoms with E-state index in [9.17, 15) is 8.78 Å². The molecule has 0 radical (unpaired) electrons. The van der Waals surface area contributed by atoms with Crippen molar-refractivity contribution >= 4 is 11.6 Å². The van der Waals surface area contributed by atoms with E-state index < -0.39 is 11.6 Å². The van der Waals surface area contributed by atoms with Crippen molar-refractivity contribution in [3.63, 3.8) is 0 Å². The molecular weight excluding hydrogens is 240 g/mol. The molecule has 1 aromatic heterocycles. The lowest BCUT2D eigenvalue weighted by atomic mass is 9.92. The van der Waals surface area contributed by atoms with E-state index in [0.717, 1.165) is 18.9 Å². The van der Waals surface area contributed by atoms with Gasteiger partial charge < -0.3 is 15.4 Å². The van der Waals surface area contributed by atoms with Crippen LogP contribution in [-0.4, -0.2) is 30.8 Å². The molecule has 2 rings (SSSR count). The van der Waals surface area contributed by atoms with Crippen molar-refractivity contribution in [3.8, 4) is 0 Å². The van der Waals surface area contributed by atoms with E-state index in [0.29, 0.717) is 13.2 Å². The average Bonchev–Trinajstić information content (AvgIpc) is 2.33. The maximum Gasteiger partial charge on any atom is 0.168 e. The minimum absolute atomic E-state index is 0.0366. The van der Waals surface area contributed by atoms with Gasteiger partial charge in [0.2, 0.25) is 0 Å². The Morgan fingerprint density at radius 3 is 2.44 bits per heavy atom. The summed E-state index contributed by atoms with van der Waals surface area (Å²) in [5, 5.41) is 5.65. The number of nitrogens with zero attached hydrogens (tertiary/aromatic N) is 1. The summed E-state index contributed by atoms with van der Waals surface area (Å²) in [5.41, 5.74) is -0.269. The van der Waals surface area contributed by atoms with Crippen LogP contribution in [0.1, 0.15) is 19.8 Å². The van der Waals surface area contributed by atoms with Crippen LogP contribution < -0.4 is 10.6 Å². The lowest BCUT2D eigenvalue weighted by molar-refractivity contribution is 0.0656. The number of pyridine rings is 1. The molecule has 0 aliphatic carbocycles. The van der Waals surface area contributed by atoms with Crippen LogP contribution in [-0.2, 0) is 4.74 Å². The van der Waals surface area contributed by atoms with Gasteiger partial charge in [0.25, 0.3) is 0 Å². The Morgan fingerprint density at radius 2 is 1.83 bits per heavy atom. The van der Waals surface area contributed by atoms with E-state index in [-0.39, 0.29) is 17.2 Å². The molecule has 0 aromatic carbocycles. The van der Waals surface area contributed by atoms with Gasteiger partial charge in [-0.2, -0.15) is 0 Å². The van der Waals surface area contributed by atoms with Gasteiger partial charge in [0.15, 0.2) is 23.3 Å². The minimum atomic E-state index is -0.697. The fourth-order valence-electron chi connectivity index (χ4n) is 1.96. The van der Waals surface area contributed by atoms with Gasteiger partial charge in [0.05, 0.1) is 0 Å². The molecule has 1 aromatic rings. The molecule has 1 fully saturated rings. The summed E-state index contributed by atoms with van der Waals surface area (Å²) in [6, 6.07) is 0.837. The molecule has 0 amide bonds. The van der Waals surface area contributed by atoms with Crippen LogP contribution in [0, 0.1) is 11.6 Å². The smallest absolute Gasteiger partial charge is 0.168 e. The highest BCUT2D eigenvalue weighted by Gasteiger charge is 2.28. The second-order valence-electron chi connectivity index (χ2n) is 4.70. The molecule has 0 spiro atoms. The molecule has 2 N–H and O–H groups in total. The van der Waals surface area contributed by atoms with Crippen LogP contribution in [0.4, 0.5) is 20.4 Å². The molecule has 0 saturated carbocycles. The highest BCUT2D eigenvalue weighted by atomic mass is 19.1. The Kier molecular flexibility index (Phi) is 3.65. The normalized spacial score (nSPS) is 18.4. The number of nitrogens with one attached hydrogen (secondary N) is 2. The van der Waals surface area contributed by atoms with E-state index in [1.807, 2.05) is 6.92 Å². The van der Waals surface area contributed by atoms with Crippen molar-refractivity contribution in [3.05, 3.63) is 17.7 Å². The summed E-state index contributed by atoms with van der Waals surface area (Å²) in [7, 11) is 1.54. The Balaban J connectivity index is 2.22. The number of ether oxygens (including phenoxy) is 1. The largest absolute Gasteiger partial charge is 0.381 e. The maximum absolute atomic E-state index is 13.7. The van der Waals surface area contributed by atoms with E-state index in [2.05, 4.69) is 15.6 Å². The first-order chi connectivity index (χ1) is 8.54. The minimum Gasteiger partial charge on any atom is -0.381 e. The predicted octanol–water partition coefficient (Wildman–Crippen LogP) is 2.38. The number of hydrogen-bond acceptors (Lipinski definition) is 4. The first kappa shape index (κ1) is 13.0. The Bertz CT molecular complexity index is 434. The third kappa shape index (κ3) is 2.69. The lowest BCUT2D eigenvalue weighted by Crippen LogP contribution is -2.41. The topological polar surface area (TPSA) is 46.2 Å². The number of rotatable bonds is 3. The van der Waals surface area contributed by atoms with Crippen molar-refractivity contribution < 1.29 is 13.5 Å². The first-order valence-electron chi connectivity index (χ1n) is 5.94. The second kappa shape index (κ2) is 5.06. The third-order valence-electron chi connectivity index (χ3n) is 3.18. The quantitative estimate of drug-likeness (QED) is 0.872. The summed E-state index contributed by atoms with van der Waals surface area (Å²) in [6.45, 7) is 3.25. The van der Waals surface area contributed by atoms with Crippen LogP contribution >= 0.6 is 0 Å². The Morgan fingerprint density at radius 1 is 1.22 bits per heavy atom. The fourth-order valence-corrected chi connectivity index (χ4v) is 1.96. The fraction of sp³-hybridized carbons (Fsp3) is 0.583. The summed E-state index contributed by atoms with van der Waals surface area (Å²) in [6.07, 6.45) is 1.53. The third-order valence-corrected chi connectivity index (χ3v) is 3.18. The van der Waals surface area contributed by atoms with Gasteiger partial charge in [-0.1, -0.05) is 0 Å². The van der Waals surface area contributed by atoms with Gasteiger partial charge in [-0.15, -0.1) is 0 Å². The second-order valence-corrected chi connectivity index (χ2v) is 4.70.